The van der Waals surface area contributed by atoms with Gasteiger partial charge in [-0.25, -0.2) is 0 Å². The Morgan fingerprint density at radius 1 is 1.42 bits per heavy atom. The van der Waals surface area contributed by atoms with Crippen molar-refractivity contribution >= 4 is 29.1 Å². The maximum atomic E-state index is 11.8. The monoisotopic (exact) mass is 306 g/mol. The Hall–Kier alpha value is -0.950. The number of aromatic nitrogens is 2. The number of nitrogens with zero attached hydrogens (tertiary/aromatic N) is 3. The van der Waals surface area contributed by atoms with Crippen molar-refractivity contribution in [3.05, 3.63) is 21.9 Å². The molecule has 1 aromatic rings. The van der Waals surface area contributed by atoms with Crippen LogP contribution in [0.4, 0.5) is 0 Å². The van der Waals surface area contributed by atoms with Crippen molar-refractivity contribution in [2.75, 3.05) is 40.4 Å². The molecule has 0 aliphatic heterocycles. The molecule has 19 heavy (non-hydrogen) atoms. The van der Waals surface area contributed by atoms with Crippen molar-refractivity contribution in [2.24, 2.45) is 0 Å². The van der Waals surface area contributed by atoms with Crippen molar-refractivity contribution in [3.63, 3.8) is 0 Å². The molecule has 0 unspecified atom stereocenters. The minimum Gasteiger partial charge on any atom is -0.383 e. The molecular formula is C11H16Cl2N4O2. The molecule has 8 heteroatoms. The van der Waals surface area contributed by atoms with Gasteiger partial charge in [0.25, 0.3) is 5.91 Å². The molecule has 0 aliphatic rings. The Labute approximate surface area is 122 Å². The summed E-state index contributed by atoms with van der Waals surface area (Å²) in [4.78, 5) is 13.9. The fourth-order valence-corrected chi connectivity index (χ4v) is 1.65. The molecule has 1 amide bonds. The molecule has 6 nitrogen and oxygen atoms in total. The first-order chi connectivity index (χ1) is 9.04. The Bertz CT molecular complexity index is 431. The average Bonchev–Trinajstić information content (AvgIpc) is 2.39. The van der Waals surface area contributed by atoms with E-state index in [1.165, 1.54) is 6.07 Å². The molecule has 106 valence electrons. The predicted molar refractivity (Wildman–Crippen MR) is 73.8 cm³/mol. The van der Waals surface area contributed by atoms with Crippen LogP contribution in [-0.4, -0.2) is 61.4 Å². The number of amides is 1. The van der Waals surface area contributed by atoms with Crippen LogP contribution in [0.2, 0.25) is 10.3 Å². The second-order valence-electron chi connectivity index (χ2n) is 3.92. The maximum Gasteiger partial charge on any atom is 0.254 e. The molecule has 1 heterocycles. The number of methoxy groups -OCH3 is 1. The van der Waals surface area contributed by atoms with Crippen molar-refractivity contribution in [1.29, 1.82) is 0 Å². The zero-order valence-corrected chi connectivity index (χ0v) is 12.3. The third-order valence-corrected chi connectivity index (χ3v) is 2.88. The van der Waals surface area contributed by atoms with Gasteiger partial charge in [-0.05, 0) is 13.1 Å². The number of hydrogen-bond acceptors (Lipinski definition) is 5. The maximum absolute atomic E-state index is 11.8. The van der Waals surface area contributed by atoms with E-state index in [0.29, 0.717) is 19.7 Å². The van der Waals surface area contributed by atoms with Crippen LogP contribution in [0.25, 0.3) is 0 Å². The summed E-state index contributed by atoms with van der Waals surface area (Å²) < 4.78 is 4.96. The van der Waals surface area contributed by atoms with Gasteiger partial charge in [0.05, 0.1) is 12.2 Å². The zero-order valence-electron chi connectivity index (χ0n) is 10.8. The molecule has 0 fully saturated rings. The number of halogens is 2. The van der Waals surface area contributed by atoms with Crippen molar-refractivity contribution < 1.29 is 9.53 Å². The zero-order chi connectivity index (χ0) is 14.3. The summed E-state index contributed by atoms with van der Waals surface area (Å²) >= 11 is 11.4. The first-order valence-corrected chi connectivity index (χ1v) is 6.44. The summed E-state index contributed by atoms with van der Waals surface area (Å²) in [5.74, 6) is -0.318. The number of rotatable bonds is 7. The summed E-state index contributed by atoms with van der Waals surface area (Å²) in [6.45, 7) is 2.66. The van der Waals surface area contributed by atoms with E-state index in [4.69, 9.17) is 27.9 Å². The fourth-order valence-electron chi connectivity index (χ4n) is 1.33. The summed E-state index contributed by atoms with van der Waals surface area (Å²) in [5.41, 5.74) is 0.223. The third-order valence-electron chi connectivity index (χ3n) is 2.42. The van der Waals surface area contributed by atoms with E-state index >= 15 is 0 Å². The van der Waals surface area contributed by atoms with E-state index in [2.05, 4.69) is 15.5 Å². The van der Waals surface area contributed by atoms with E-state index in [1.807, 2.05) is 11.9 Å². The summed E-state index contributed by atoms with van der Waals surface area (Å²) in [7, 11) is 3.60. The quantitative estimate of drug-likeness (QED) is 0.817. The van der Waals surface area contributed by atoms with Gasteiger partial charge in [-0.2, -0.15) is 0 Å². The number of ether oxygens (including phenoxy) is 1. The van der Waals surface area contributed by atoms with Crippen LogP contribution in [0.1, 0.15) is 10.4 Å². The highest BCUT2D eigenvalue weighted by atomic mass is 35.5. The Morgan fingerprint density at radius 2 is 2.16 bits per heavy atom. The second kappa shape index (κ2) is 8.27. The smallest absolute Gasteiger partial charge is 0.254 e. The van der Waals surface area contributed by atoms with E-state index in [0.717, 1.165) is 6.54 Å². The van der Waals surface area contributed by atoms with Crippen LogP contribution in [0, 0.1) is 0 Å². The first-order valence-electron chi connectivity index (χ1n) is 5.69. The highest BCUT2D eigenvalue weighted by Gasteiger charge is 2.12. The van der Waals surface area contributed by atoms with Gasteiger partial charge in [-0.3, -0.25) is 4.79 Å². The average molecular weight is 307 g/mol. The van der Waals surface area contributed by atoms with Gasteiger partial charge in [0.2, 0.25) is 0 Å². The predicted octanol–water partition coefficient (Wildman–Crippen LogP) is 1.09. The Kier molecular flexibility index (Phi) is 7.01. The Balaban J connectivity index is 2.41. The number of likely N-dealkylation sites (N-methyl/N-ethyl adjacent to an activating group) is 1. The van der Waals surface area contributed by atoms with E-state index in [-0.39, 0.29) is 21.8 Å². The summed E-state index contributed by atoms with van der Waals surface area (Å²) in [6.07, 6.45) is 0. The molecule has 0 radical (unpaired) electrons. The molecule has 1 N–H and O–H groups in total. The summed E-state index contributed by atoms with van der Waals surface area (Å²) in [5, 5.41) is 10.0. The molecule has 0 saturated carbocycles. The second-order valence-corrected chi connectivity index (χ2v) is 4.67. The molecule has 0 atom stereocenters. The van der Waals surface area contributed by atoms with Gasteiger partial charge in [-0.1, -0.05) is 23.2 Å². The van der Waals surface area contributed by atoms with E-state index in [9.17, 15) is 4.79 Å². The van der Waals surface area contributed by atoms with Gasteiger partial charge >= 0.3 is 0 Å². The largest absolute Gasteiger partial charge is 0.383 e. The lowest BCUT2D eigenvalue weighted by atomic mass is 10.3. The van der Waals surface area contributed by atoms with Crippen molar-refractivity contribution in [3.8, 4) is 0 Å². The minimum absolute atomic E-state index is 0.0367. The normalized spacial score (nSPS) is 10.8. The number of hydrogen-bond donors (Lipinski definition) is 1. The molecule has 1 rings (SSSR count). The summed E-state index contributed by atoms with van der Waals surface area (Å²) in [6, 6.07) is 1.39. The van der Waals surface area contributed by atoms with Crippen LogP contribution < -0.4 is 5.32 Å². The van der Waals surface area contributed by atoms with Gasteiger partial charge in [0.1, 0.15) is 0 Å². The van der Waals surface area contributed by atoms with Crippen molar-refractivity contribution in [2.45, 2.75) is 0 Å². The fraction of sp³-hybridized carbons (Fsp3) is 0.545. The van der Waals surface area contributed by atoms with Gasteiger partial charge in [0, 0.05) is 26.7 Å². The van der Waals surface area contributed by atoms with Crippen LogP contribution in [0.3, 0.4) is 0 Å². The third kappa shape index (κ3) is 5.69. The van der Waals surface area contributed by atoms with E-state index < -0.39 is 0 Å². The highest BCUT2D eigenvalue weighted by Crippen LogP contribution is 2.14. The van der Waals surface area contributed by atoms with Gasteiger partial charge in [-0.15, -0.1) is 10.2 Å². The van der Waals surface area contributed by atoms with Gasteiger partial charge in [0.15, 0.2) is 10.3 Å². The molecule has 0 aliphatic carbocycles. The topological polar surface area (TPSA) is 67.3 Å². The number of nitrogens with one attached hydrogen (secondary N) is 1. The molecular weight excluding hydrogens is 291 g/mol. The standard InChI is InChI=1S/C11H16Cl2N4O2/c1-17(5-6-19-2)4-3-14-11(18)8-7-9(12)15-16-10(8)13/h7H,3-6H2,1-2H3,(H,14,18). The lowest BCUT2D eigenvalue weighted by molar-refractivity contribution is 0.0947. The van der Waals surface area contributed by atoms with Crippen LogP contribution in [-0.2, 0) is 4.74 Å². The molecule has 0 bridgehead atoms. The molecule has 0 aromatic carbocycles. The minimum atomic E-state index is -0.318. The number of carbonyl (C=O) groups excluding carboxylic acids is 1. The van der Waals surface area contributed by atoms with Crippen LogP contribution >= 0.6 is 23.2 Å². The molecule has 1 aromatic heterocycles. The Morgan fingerprint density at radius 3 is 2.84 bits per heavy atom. The molecule has 0 saturated heterocycles. The SMILES string of the molecule is COCCN(C)CCNC(=O)c1cc(Cl)nnc1Cl. The first kappa shape index (κ1) is 16.1. The lowest BCUT2D eigenvalue weighted by Gasteiger charge is -2.16. The van der Waals surface area contributed by atoms with Crippen LogP contribution in [0.5, 0.6) is 0 Å². The van der Waals surface area contributed by atoms with Crippen molar-refractivity contribution in [1.82, 2.24) is 20.4 Å². The van der Waals surface area contributed by atoms with Gasteiger partial charge < -0.3 is 15.0 Å². The van der Waals surface area contributed by atoms with Crippen LogP contribution in [0.15, 0.2) is 6.07 Å². The highest BCUT2D eigenvalue weighted by molar-refractivity contribution is 6.34. The number of carbonyl (C=O) groups is 1. The molecule has 0 spiro atoms. The lowest BCUT2D eigenvalue weighted by Crippen LogP contribution is -2.34. The van der Waals surface area contributed by atoms with E-state index in [1.54, 1.807) is 7.11 Å².